The monoisotopic (exact) mass is 211 g/mol. The van der Waals surface area contributed by atoms with Gasteiger partial charge in [-0.1, -0.05) is 30.3 Å². The minimum Gasteiger partial charge on any atom is -0.212 e. The summed E-state index contributed by atoms with van der Waals surface area (Å²) in [4.78, 5) is 0. The lowest BCUT2D eigenvalue weighted by molar-refractivity contribution is 0.408. The maximum Gasteiger partial charge on any atom is 0.214 e. The predicted molar refractivity (Wildman–Crippen MR) is 55.3 cm³/mol. The van der Waals surface area contributed by atoms with E-state index >= 15 is 0 Å². The molecule has 0 aliphatic carbocycles. The van der Waals surface area contributed by atoms with Crippen LogP contribution in [-0.4, -0.2) is 25.5 Å². The Balaban J connectivity index is 2.32. The van der Waals surface area contributed by atoms with Crippen molar-refractivity contribution in [2.24, 2.45) is 0 Å². The molecular weight excluding hydrogens is 198 g/mol. The van der Waals surface area contributed by atoms with Crippen LogP contribution in [-0.2, 0) is 10.0 Å². The third-order valence-corrected chi connectivity index (χ3v) is 4.59. The zero-order chi connectivity index (χ0) is 10.2. The molecule has 1 aliphatic heterocycles. The molecule has 76 valence electrons. The van der Waals surface area contributed by atoms with Crippen molar-refractivity contribution in [3.8, 4) is 0 Å². The highest BCUT2D eigenvalue weighted by Crippen LogP contribution is 2.31. The second-order valence-electron chi connectivity index (χ2n) is 3.55. The molecule has 0 saturated carbocycles. The fourth-order valence-electron chi connectivity index (χ4n) is 1.83. The van der Waals surface area contributed by atoms with E-state index in [2.05, 4.69) is 0 Å². The molecule has 1 aromatic carbocycles. The molecular formula is C10H13NO2S. The number of hydrogen-bond donors (Lipinski definition) is 0. The van der Waals surface area contributed by atoms with Crippen LogP contribution in [0.25, 0.3) is 0 Å². The van der Waals surface area contributed by atoms with Crippen LogP contribution in [0.3, 0.4) is 0 Å². The van der Waals surface area contributed by atoms with Gasteiger partial charge in [0.2, 0.25) is 10.0 Å². The Morgan fingerprint density at radius 2 is 1.93 bits per heavy atom. The van der Waals surface area contributed by atoms with E-state index in [1.165, 1.54) is 4.31 Å². The lowest BCUT2D eigenvalue weighted by Crippen LogP contribution is -2.23. The molecule has 1 heterocycles. The highest BCUT2D eigenvalue weighted by molar-refractivity contribution is 7.89. The van der Waals surface area contributed by atoms with Gasteiger partial charge in [-0.2, -0.15) is 4.31 Å². The fraction of sp³-hybridized carbons (Fsp3) is 0.400. The number of hydrogen-bond acceptors (Lipinski definition) is 2. The van der Waals surface area contributed by atoms with Crippen molar-refractivity contribution in [2.75, 3.05) is 12.8 Å². The summed E-state index contributed by atoms with van der Waals surface area (Å²) in [5.41, 5.74) is 1.08. The van der Waals surface area contributed by atoms with Crippen LogP contribution >= 0.6 is 0 Å². The number of rotatable bonds is 1. The maximum atomic E-state index is 11.5. The Hall–Kier alpha value is -0.870. The average molecular weight is 211 g/mol. The van der Waals surface area contributed by atoms with E-state index in [0.717, 1.165) is 5.56 Å². The van der Waals surface area contributed by atoms with Gasteiger partial charge in [-0.3, -0.25) is 0 Å². The molecule has 4 heteroatoms. The standard InChI is InChI=1S/C10H13NO2S/c1-11-10(7-8-14(11,12)13)9-5-3-2-4-6-9/h2-6,10H,7-8H2,1H3/t10-/m1/s1. The molecule has 2 rings (SSSR count). The van der Waals surface area contributed by atoms with Crippen LogP contribution in [0.15, 0.2) is 30.3 Å². The summed E-state index contributed by atoms with van der Waals surface area (Å²) in [7, 11) is -1.34. The summed E-state index contributed by atoms with van der Waals surface area (Å²) in [5.74, 6) is 0.267. The second-order valence-corrected chi connectivity index (χ2v) is 5.70. The molecule has 14 heavy (non-hydrogen) atoms. The molecule has 1 atom stereocenters. The number of nitrogens with zero attached hydrogens (tertiary/aromatic N) is 1. The lowest BCUT2D eigenvalue weighted by Gasteiger charge is -2.17. The van der Waals surface area contributed by atoms with Crippen LogP contribution in [0, 0.1) is 0 Å². The fourth-order valence-corrected chi connectivity index (χ4v) is 3.26. The first-order valence-electron chi connectivity index (χ1n) is 4.62. The quantitative estimate of drug-likeness (QED) is 0.704. The van der Waals surface area contributed by atoms with E-state index < -0.39 is 10.0 Å². The zero-order valence-corrected chi connectivity index (χ0v) is 8.87. The summed E-state index contributed by atoms with van der Waals surface area (Å²) in [6.45, 7) is 0. The Labute approximate surface area is 84.4 Å². The molecule has 1 saturated heterocycles. The van der Waals surface area contributed by atoms with Gasteiger partial charge < -0.3 is 0 Å². The summed E-state index contributed by atoms with van der Waals surface area (Å²) < 4.78 is 24.4. The van der Waals surface area contributed by atoms with Gasteiger partial charge in [0, 0.05) is 7.05 Å². The van der Waals surface area contributed by atoms with Crippen LogP contribution in [0.4, 0.5) is 0 Å². The van der Waals surface area contributed by atoms with Crippen molar-refractivity contribution in [3.63, 3.8) is 0 Å². The zero-order valence-electron chi connectivity index (χ0n) is 8.05. The van der Waals surface area contributed by atoms with E-state index in [0.29, 0.717) is 6.42 Å². The van der Waals surface area contributed by atoms with Crippen molar-refractivity contribution >= 4 is 10.0 Å². The Morgan fingerprint density at radius 1 is 1.29 bits per heavy atom. The Morgan fingerprint density at radius 3 is 2.43 bits per heavy atom. The maximum absolute atomic E-state index is 11.5. The molecule has 1 fully saturated rings. The molecule has 0 amide bonds. The molecule has 1 aromatic rings. The van der Waals surface area contributed by atoms with E-state index in [1.54, 1.807) is 7.05 Å². The molecule has 0 bridgehead atoms. The largest absolute Gasteiger partial charge is 0.214 e. The molecule has 0 radical (unpaired) electrons. The van der Waals surface area contributed by atoms with Gasteiger partial charge in [-0.05, 0) is 12.0 Å². The SMILES string of the molecule is CN1[C@@H](c2ccccc2)CCS1(=O)=O. The first kappa shape index (κ1) is 9.68. The highest BCUT2D eigenvalue weighted by atomic mass is 32.2. The summed E-state index contributed by atoms with van der Waals surface area (Å²) in [6, 6.07) is 9.79. The van der Waals surface area contributed by atoms with Crippen LogP contribution < -0.4 is 0 Å². The van der Waals surface area contributed by atoms with Gasteiger partial charge in [0.15, 0.2) is 0 Å². The van der Waals surface area contributed by atoms with E-state index in [9.17, 15) is 8.42 Å². The normalized spacial score (nSPS) is 26.5. The topological polar surface area (TPSA) is 37.4 Å². The van der Waals surface area contributed by atoms with Crippen molar-refractivity contribution < 1.29 is 8.42 Å². The van der Waals surface area contributed by atoms with Crippen molar-refractivity contribution in [1.29, 1.82) is 0 Å². The van der Waals surface area contributed by atoms with Crippen molar-refractivity contribution in [2.45, 2.75) is 12.5 Å². The van der Waals surface area contributed by atoms with Gasteiger partial charge in [-0.15, -0.1) is 0 Å². The number of benzene rings is 1. The molecule has 0 N–H and O–H groups in total. The minimum atomic E-state index is -2.99. The lowest BCUT2D eigenvalue weighted by atomic mass is 10.1. The highest BCUT2D eigenvalue weighted by Gasteiger charge is 2.34. The minimum absolute atomic E-state index is 0.0289. The molecule has 1 aliphatic rings. The third kappa shape index (κ3) is 1.55. The average Bonchev–Trinajstić information content (AvgIpc) is 2.44. The van der Waals surface area contributed by atoms with Gasteiger partial charge >= 0.3 is 0 Å². The van der Waals surface area contributed by atoms with Crippen LogP contribution in [0.5, 0.6) is 0 Å². The Kier molecular flexibility index (Phi) is 2.33. The predicted octanol–water partition coefficient (Wildman–Crippen LogP) is 1.39. The molecule has 0 unspecified atom stereocenters. The van der Waals surface area contributed by atoms with Gasteiger partial charge in [0.25, 0.3) is 0 Å². The van der Waals surface area contributed by atoms with E-state index in [1.807, 2.05) is 30.3 Å². The van der Waals surface area contributed by atoms with Crippen molar-refractivity contribution in [1.82, 2.24) is 4.31 Å². The Bertz CT molecular complexity index is 413. The first-order valence-corrected chi connectivity index (χ1v) is 6.23. The van der Waals surface area contributed by atoms with Crippen molar-refractivity contribution in [3.05, 3.63) is 35.9 Å². The summed E-state index contributed by atoms with van der Waals surface area (Å²) in [6.07, 6.45) is 0.697. The third-order valence-electron chi connectivity index (χ3n) is 2.71. The summed E-state index contributed by atoms with van der Waals surface area (Å²) >= 11 is 0. The summed E-state index contributed by atoms with van der Waals surface area (Å²) in [5, 5.41) is 0. The molecule has 0 spiro atoms. The molecule has 0 aromatic heterocycles. The van der Waals surface area contributed by atoms with E-state index in [4.69, 9.17) is 0 Å². The van der Waals surface area contributed by atoms with E-state index in [-0.39, 0.29) is 11.8 Å². The van der Waals surface area contributed by atoms with Gasteiger partial charge in [-0.25, -0.2) is 8.42 Å². The smallest absolute Gasteiger partial charge is 0.212 e. The van der Waals surface area contributed by atoms with Gasteiger partial charge in [0.05, 0.1) is 11.8 Å². The van der Waals surface area contributed by atoms with Crippen LogP contribution in [0.1, 0.15) is 18.0 Å². The second kappa shape index (κ2) is 3.37. The first-order chi connectivity index (χ1) is 6.61. The number of sulfonamides is 1. The molecule has 3 nitrogen and oxygen atoms in total. The van der Waals surface area contributed by atoms with Gasteiger partial charge in [0.1, 0.15) is 0 Å². The van der Waals surface area contributed by atoms with Crippen LogP contribution in [0.2, 0.25) is 0 Å².